The summed E-state index contributed by atoms with van der Waals surface area (Å²) in [4.78, 5) is 22.5. The number of carbonyl (C=O) groups is 2. The average Bonchev–Trinajstić information content (AvgIpc) is 3.09. The first-order valence-corrected chi connectivity index (χ1v) is 6.57. The quantitative estimate of drug-likeness (QED) is 0.897. The number of carboxylic acids is 1. The molecule has 0 heterocycles. The number of amides is 1. The molecule has 5 heteroatoms. The van der Waals surface area contributed by atoms with Crippen LogP contribution in [0.5, 0.6) is 0 Å². The lowest BCUT2D eigenvalue weighted by Gasteiger charge is -2.15. The molecule has 0 spiro atoms. The van der Waals surface area contributed by atoms with Crippen LogP contribution < -0.4 is 5.32 Å². The number of rotatable bonds is 4. The van der Waals surface area contributed by atoms with Crippen LogP contribution in [-0.2, 0) is 9.59 Å². The Balaban J connectivity index is 1.97. The molecule has 18 heavy (non-hydrogen) atoms. The molecule has 96 valence electrons. The summed E-state index contributed by atoms with van der Waals surface area (Å²) in [5.74, 6) is -1.93. The van der Waals surface area contributed by atoms with Crippen molar-refractivity contribution in [1.29, 1.82) is 0 Å². The second kappa shape index (κ2) is 5.10. The molecular weight excluding hydrogens is 298 g/mol. The van der Waals surface area contributed by atoms with E-state index in [0.29, 0.717) is 6.42 Å². The monoisotopic (exact) mass is 311 g/mol. The molecule has 0 saturated heterocycles. The number of benzene rings is 1. The number of aliphatic carboxylic acids is 1. The first-order chi connectivity index (χ1) is 8.50. The van der Waals surface area contributed by atoms with Crippen LogP contribution in [0.25, 0.3) is 0 Å². The average molecular weight is 312 g/mol. The first-order valence-electron chi connectivity index (χ1n) is 5.78. The van der Waals surface area contributed by atoms with Gasteiger partial charge in [-0.05, 0) is 25.0 Å². The highest BCUT2D eigenvalue weighted by Gasteiger charge is 2.48. The van der Waals surface area contributed by atoms with E-state index in [1.54, 1.807) is 0 Å². The Labute approximate surface area is 114 Å². The second-order valence-electron chi connectivity index (χ2n) is 4.54. The number of hydrogen-bond acceptors (Lipinski definition) is 2. The number of carbonyl (C=O) groups excluding carboxylic acids is 1. The molecule has 1 unspecified atom stereocenters. The zero-order valence-corrected chi connectivity index (χ0v) is 11.5. The zero-order chi connectivity index (χ0) is 13.3. The molecule has 1 aromatic rings. The summed E-state index contributed by atoms with van der Waals surface area (Å²) in [7, 11) is 0. The minimum absolute atomic E-state index is 0.136. The van der Waals surface area contributed by atoms with Gasteiger partial charge in [0, 0.05) is 4.47 Å². The lowest BCUT2D eigenvalue weighted by Crippen LogP contribution is -2.29. The molecule has 1 saturated carbocycles. The van der Waals surface area contributed by atoms with Crippen molar-refractivity contribution in [3.05, 3.63) is 34.3 Å². The van der Waals surface area contributed by atoms with E-state index in [2.05, 4.69) is 21.2 Å². The topological polar surface area (TPSA) is 66.4 Å². The van der Waals surface area contributed by atoms with Crippen LogP contribution in [-0.4, -0.2) is 17.0 Å². The molecule has 0 aromatic heterocycles. The van der Waals surface area contributed by atoms with Crippen molar-refractivity contribution in [1.82, 2.24) is 5.32 Å². The maximum atomic E-state index is 11.8. The molecule has 1 aliphatic carbocycles. The first kappa shape index (κ1) is 13.1. The lowest BCUT2D eigenvalue weighted by molar-refractivity contribution is -0.140. The molecule has 0 aliphatic heterocycles. The van der Waals surface area contributed by atoms with Crippen LogP contribution >= 0.6 is 15.9 Å². The third-order valence-corrected chi connectivity index (χ3v) is 3.90. The highest BCUT2D eigenvalue weighted by atomic mass is 79.9. The van der Waals surface area contributed by atoms with E-state index in [1.807, 2.05) is 31.2 Å². The van der Waals surface area contributed by atoms with E-state index in [9.17, 15) is 9.59 Å². The molecule has 1 amide bonds. The SMILES string of the molecule is CC(NC(=O)[C@@H]1C[C@@H]1C(=O)O)c1ccccc1Br. The Morgan fingerprint density at radius 2 is 2.06 bits per heavy atom. The standard InChI is InChI=1S/C13H14BrNO3/c1-7(8-4-2-3-5-11(8)14)15-12(16)9-6-10(9)13(17)18/h2-5,7,9-10H,6H2,1H3,(H,15,16)(H,17,18)/t7?,9-,10+/m1/s1. The molecule has 1 fully saturated rings. The van der Waals surface area contributed by atoms with Crippen molar-refractivity contribution in [2.75, 3.05) is 0 Å². The molecule has 0 radical (unpaired) electrons. The molecule has 1 aromatic carbocycles. The minimum atomic E-state index is -0.885. The van der Waals surface area contributed by atoms with E-state index in [1.165, 1.54) is 0 Å². The molecule has 2 N–H and O–H groups in total. The highest BCUT2D eigenvalue weighted by Crippen LogP contribution is 2.39. The van der Waals surface area contributed by atoms with Gasteiger partial charge in [-0.2, -0.15) is 0 Å². The third kappa shape index (κ3) is 2.72. The number of carboxylic acid groups (broad SMARTS) is 1. The van der Waals surface area contributed by atoms with Gasteiger partial charge in [0.05, 0.1) is 17.9 Å². The smallest absolute Gasteiger partial charge is 0.307 e. The predicted octanol–water partition coefficient (Wildman–Crippen LogP) is 2.35. The number of halogens is 1. The molecule has 2 rings (SSSR count). The van der Waals surface area contributed by atoms with Gasteiger partial charge in [0.15, 0.2) is 0 Å². The van der Waals surface area contributed by atoms with Gasteiger partial charge in [-0.3, -0.25) is 9.59 Å². The van der Waals surface area contributed by atoms with Crippen LogP contribution in [0.2, 0.25) is 0 Å². The number of hydrogen-bond donors (Lipinski definition) is 2. The number of nitrogens with one attached hydrogen (secondary N) is 1. The van der Waals surface area contributed by atoms with E-state index in [4.69, 9.17) is 5.11 Å². The molecule has 1 aliphatic rings. The Kier molecular flexibility index (Phi) is 3.71. The summed E-state index contributed by atoms with van der Waals surface area (Å²) in [6.45, 7) is 1.89. The van der Waals surface area contributed by atoms with Gasteiger partial charge in [0.25, 0.3) is 0 Å². The molecule has 0 bridgehead atoms. The van der Waals surface area contributed by atoms with Gasteiger partial charge in [0.2, 0.25) is 5.91 Å². The highest BCUT2D eigenvalue weighted by molar-refractivity contribution is 9.10. The zero-order valence-electron chi connectivity index (χ0n) is 9.89. The summed E-state index contributed by atoms with van der Waals surface area (Å²) >= 11 is 3.43. The fourth-order valence-corrected chi connectivity index (χ4v) is 2.61. The van der Waals surface area contributed by atoms with Gasteiger partial charge in [-0.15, -0.1) is 0 Å². The van der Waals surface area contributed by atoms with Crippen molar-refractivity contribution in [2.45, 2.75) is 19.4 Å². The maximum absolute atomic E-state index is 11.8. The Bertz CT molecular complexity index is 489. The van der Waals surface area contributed by atoms with E-state index < -0.39 is 11.9 Å². The summed E-state index contributed by atoms with van der Waals surface area (Å²) in [5, 5.41) is 11.6. The Morgan fingerprint density at radius 1 is 1.39 bits per heavy atom. The predicted molar refractivity (Wildman–Crippen MR) is 69.9 cm³/mol. The molecular formula is C13H14BrNO3. The van der Waals surface area contributed by atoms with Gasteiger partial charge in [-0.1, -0.05) is 34.1 Å². The van der Waals surface area contributed by atoms with Gasteiger partial charge in [-0.25, -0.2) is 0 Å². The van der Waals surface area contributed by atoms with Gasteiger partial charge >= 0.3 is 5.97 Å². The summed E-state index contributed by atoms with van der Waals surface area (Å²) in [6, 6.07) is 7.51. The minimum Gasteiger partial charge on any atom is -0.481 e. The third-order valence-electron chi connectivity index (χ3n) is 3.17. The van der Waals surface area contributed by atoms with E-state index in [-0.39, 0.29) is 17.9 Å². The van der Waals surface area contributed by atoms with Crippen molar-refractivity contribution in [3.8, 4) is 0 Å². The maximum Gasteiger partial charge on any atom is 0.307 e. The van der Waals surface area contributed by atoms with Crippen LogP contribution in [0.1, 0.15) is 24.9 Å². The second-order valence-corrected chi connectivity index (χ2v) is 5.39. The van der Waals surface area contributed by atoms with Gasteiger partial charge in [0.1, 0.15) is 0 Å². The molecule has 4 nitrogen and oxygen atoms in total. The summed E-state index contributed by atoms with van der Waals surface area (Å²) in [5.41, 5.74) is 0.985. The van der Waals surface area contributed by atoms with Crippen molar-refractivity contribution >= 4 is 27.8 Å². The Hall–Kier alpha value is -1.36. The largest absolute Gasteiger partial charge is 0.481 e. The van der Waals surface area contributed by atoms with Crippen LogP contribution in [0, 0.1) is 11.8 Å². The summed E-state index contributed by atoms with van der Waals surface area (Å²) in [6.07, 6.45) is 0.448. The fraction of sp³-hybridized carbons (Fsp3) is 0.385. The van der Waals surface area contributed by atoms with Crippen molar-refractivity contribution in [3.63, 3.8) is 0 Å². The normalized spacial score (nSPS) is 23.2. The Morgan fingerprint density at radius 3 is 2.61 bits per heavy atom. The van der Waals surface area contributed by atoms with Crippen LogP contribution in [0.3, 0.4) is 0 Å². The van der Waals surface area contributed by atoms with Crippen LogP contribution in [0.4, 0.5) is 0 Å². The molecule has 3 atom stereocenters. The fourth-order valence-electron chi connectivity index (χ4n) is 1.98. The van der Waals surface area contributed by atoms with Gasteiger partial charge < -0.3 is 10.4 Å². The lowest BCUT2D eigenvalue weighted by atomic mass is 10.1. The van der Waals surface area contributed by atoms with E-state index >= 15 is 0 Å². The van der Waals surface area contributed by atoms with Crippen molar-refractivity contribution in [2.24, 2.45) is 11.8 Å². The van der Waals surface area contributed by atoms with E-state index in [0.717, 1.165) is 10.0 Å². The van der Waals surface area contributed by atoms with Crippen LogP contribution in [0.15, 0.2) is 28.7 Å². The summed E-state index contributed by atoms with van der Waals surface area (Å²) < 4.78 is 0.934. The van der Waals surface area contributed by atoms with Crippen molar-refractivity contribution < 1.29 is 14.7 Å².